The Labute approximate surface area is 134 Å². The predicted octanol–water partition coefficient (Wildman–Crippen LogP) is 3.93. The topological polar surface area (TPSA) is 46.2 Å². The van der Waals surface area contributed by atoms with Crippen LogP contribution in [0.5, 0.6) is 0 Å². The van der Waals surface area contributed by atoms with E-state index in [0.717, 1.165) is 28.2 Å². The highest BCUT2D eigenvalue weighted by atomic mass is 32.2. The van der Waals surface area contributed by atoms with Crippen LogP contribution in [0.1, 0.15) is 34.2 Å². The summed E-state index contributed by atoms with van der Waals surface area (Å²) in [6, 6.07) is 7.49. The van der Waals surface area contributed by atoms with Crippen molar-refractivity contribution in [3.63, 3.8) is 0 Å². The molecular weight excluding hydrogens is 321 g/mol. The molecule has 0 bridgehead atoms. The fourth-order valence-corrected chi connectivity index (χ4v) is 5.49. The summed E-state index contributed by atoms with van der Waals surface area (Å²) in [7, 11) is -3.57. The van der Waals surface area contributed by atoms with Gasteiger partial charge in [0.15, 0.2) is 0 Å². The number of nitrogens with one attached hydrogen (secondary N) is 1. The molecule has 1 N–H and O–H groups in total. The quantitative estimate of drug-likeness (QED) is 0.897. The van der Waals surface area contributed by atoms with Gasteiger partial charge in [-0.1, -0.05) is 12.1 Å². The highest BCUT2D eigenvalue weighted by Gasteiger charge is 2.36. The van der Waals surface area contributed by atoms with E-state index >= 15 is 0 Å². The van der Waals surface area contributed by atoms with Gasteiger partial charge < -0.3 is 0 Å². The van der Waals surface area contributed by atoms with E-state index in [4.69, 9.17) is 0 Å². The van der Waals surface area contributed by atoms with Crippen molar-refractivity contribution in [1.29, 1.82) is 0 Å². The molecule has 1 fully saturated rings. The molecule has 1 unspecified atom stereocenters. The second kappa shape index (κ2) is 5.76. The number of rotatable bonds is 5. The molecule has 1 saturated carbocycles. The number of aryl methyl sites for hydroxylation is 2. The minimum Gasteiger partial charge on any atom is -0.207 e. The first-order valence-corrected chi connectivity index (χ1v) is 9.51. The van der Waals surface area contributed by atoms with E-state index in [-0.39, 0.29) is 11.9 Å². The zero-order chi connectivity index (χ0) is 15.9. The van der Waals surface area contributed by atoms with Gasteiger partial charge in [0.2, 0.25) is 10.0 Å². The number of hydrogen-bond acceptors (Lipinski definition) is 3. The summed E-state index contributed by atoms with van der Waals surface area (Å²) in [5, 5.41) is 0. The lowest BCUT2D eigenvalue weighted by Gasteiger charge is -2.19. The monoisotopic (exact) mass is 339 g/mol. The van der Waals surface area contributed by atoms with Crippen molar-refractivity contribution in [3.05, 3.63) is 51.5 Å². The van der Waals surface area contributed by atoms with Gasteiger partial charge in [0, 0.05) is 15.8 Å². The largest absolute Gasteiger partial charge is 0.242 e. The van der Waals surface area contributed by atoms with Crippen LogP contribution in [-0.2, 0) is 10.0 Å². The fourth-order valence-electron chi connectivity index (χ4n) is 2.64. The third kappa shape index (κ3) is 3.24. The van der Waals surface area contributed by atoms with Crippen LogP contribution in [0.2, 0.25) is 0 Å². The molecule has 22 heavy (non-hydrogen) atoms. The third-order valence-electron chi connectivity index (χ3n) is 3.89. The number of thiophene rings is 1. The van der Waals surface area contributed by atoms with Crippen molar-refractivity contribution in [1.82, 2.24) is 4.72 Å². The van der Waals surface area contributed by atoms with Gasteiger partial charge in [0.1, 0.15) is 5.82 Å². The molecule has 0 aliphatic heterocycles. The lowest BCUT2D eigenvalue weighted by molar-refractivity contribution is 0.528. The highest BCUT2D eigenvalue weighted by molar-refractivity contribution is 7.89. The van der Waals surface area contributed by atoms with Crippen molar-refractivity contribution in [2.24, 2.45) is 5.92 Å². The zero-order valence-electron chi connectivity index (χ0n) is 12.5. The van der Waals surface area contributed by atoms with Crippen LogP contribution >= 0.6 is 11.3 Å². The van der Waals surface area contributed by atoms with Crippen LogP contribution in [0, 0.1) is 25.6 Å². The van der Waals surface area contributed by atoms with Gasteiger partial charge in [-0.15, -0.1) is 11.3 Å². The molecule has 6 heteroatoms. The molecule has 118 valence electrons. The van der Waals surface area contributed by atoms with Crippen LogP contribution in [0.4, 0.5) is 4.39 Å². The number of hydrogen-bond donors (Lipinski definition) is 1. The van der Waals surface area contributed by atoms with E-state index in [2.05, 4.69) is 4.72 Å². The van der Waals surface area contributed by atoms with E-state index < -0.39 is 10.0 Å². The number of benzene rings is 1. The second-order valence-electron chi connectivity index (χ2n) is 5.77. The molecule has 1 aliphatic rings. The molecule has 0 radical (unpaired) electrons. The fraction of sp³-hybridized carbons (Fsp3) is 0.375. The SMILES string of the molecule is Cc1cc(S(=O)(=O)NC(c2ccc(F)cc2)C2CC2)c(C)s1. The predicted molar refractivity (Wildman–Crippen MR) is 86.0 cm³/mol. The van der Waals surface area contributed by atoms with Gasteiger partial charge >= 0.3 is 0 Å². The van der Waals surface area contributed by atoms with Crippen LogP contribution in [0.25, 0.3) is 0 Å². The summed E-state index contributed by atoms with van der Waals surface area (Å²) in [6.07, 6.45) is 1.98. The van der Waals surface area contributed by atoms with Crippen LogP contribution < -0.4 is 4.72 Å². The van der Waals surface area contributed by atoms with E-state index in [9.17, 15) is 12.8 Å². The average Bonchev–Trinajstić information content (AvgIpc) is 3.22. The lowest BCUT2D eigenvalue weighted by atomic mass is 10.0. The zero-order valence-corrected chi connectivity index (χ0v) is 14.1. The molecule has 1 aliphatic carbocycles. The molecule has 1 heterocycles. The summed E-state index contributed by atoms with van der Waals surface area (Å²) in [5.74, 6) is -0.0225. The molecule has 0 spiro atoms. The Morgan fingerprint density at radius 3 is 2.36 bits per heavy atom. The minimum absolute atomic E-state index is 0.287. The van der Waals surface area contributed by atoms with Gasteiger partial charge in [-0.2, -0.15) is 0 Å². The molecule has 2 aromatic rings. The van der Waals surface area contributed by atoms with Gasteiger partial charge in [-0.3, -0.25) is 0 Å². The van der Waals surface area contributed by atoms with Crippen molar-refractivity contribution in [3.8, 4) is 0 Å². The molecule has 1 atom stereocenters. The van der Waals surface area contributed by atoms with Crippen LogP contribution in [0.3, 0.4) is 0 Å². The number of halogens is 1. The highest BCUT2D eigenvalue weighted by Crippen LogP contribution is 2.42. The lowest BCUT2D eigenvalue weighted by Crippen LogP contribution is -2.30. The second-order valence-corrected chi connectivity index (χ2v) is 8.91. The van der Waals surface area contributed by atoms with Crippen molar-refractivity contribution >= 4 is 21.4 Å². The molecule has 1 aromatic carbocycles. The van der Waals surface area contributed by atoms with Gasteiger partial charge in [0.05, 0.1) is 4.90 Å². The molecule has 0 saturated heterocycles. The Morgan fingerprint density at radius 1 is 1.23 bits per heavy atom. The van der Waals surface area contributed by atoms with E-state index in [1.165, 1.54) is 23.5 Å². The normalized spacial score (nSPS) is 16.7. The smallest absolute Gasteiger partial charge is 0.207 e. The van der Waals surface area contributed by atoms with E-state index in [0.29, 0.717) is 10.8 Å². The van der Waals surface area contributed by atoms with E-state index in [1.807, 2.05) is 13.8 Å². The first kappa shape index (κ1) is 15.6. The van der Waals surface area contributed by atoms with Crippen LogP contribution in [-0.4, -0.2) is 8.42 Å². The van der Waals surface area contributed by atoms with Crippen molar-refractivity contribution in [2.45, 2.75) is 37.6 Å². The van der Waals surface area contributed by atoms with Crippen LogP contribution in [0.15, 0.2) is 35.2 Å². The molecule has 3 nitrogen and oxygen atoms in total. The average molecular weight is 339 g/mol. The van der Waals surface area contributed by atoms with Crippen molar-refractivity contribution < 1.29 is 12.8 Å². The van der Waals surface area contributed by atoms with E-state index in [1.54, 1.807) is 18.2 Å². The summed E-state index contributed by atoms with van der Waals surface area (Å²) in [5.41, 5.74) is 0.817. The standard InChI is InChI=1S/C16H18FNO2S2/c1-10-9-15(11(2)21-10)22(19,20)18-16(12-3-4-12)13-5-7-14(17)8-6-13/h5-9,12,16,18H,3-4H2,1-2H3. The first-order chi connectivity index (χ1) is 10.4. The Kier molecular flexibility index (Phi) is 4.09. The maximum absolute atomic E-state index is 13.1. The van der Waals surface area contributed by atoms with Gasteiger partial charge in [-0.25, -0.2) is 17.5 Å². The van der Waals surface area contributed by atoms with Crippen molar-refractivity contribution in [2.75, 3.05) is 0 Å². The summed E-state index contributed by atoms with van der Waals surface area (Å²) >= 11 is 1.48. The Morgan fingerprint density at radius 2 is 1.86 bits per heavy atom. The molecular formula is C16H18FNO2S2. The molecule has 3 rings (SSSR count). The maximum Gasteiger partial charge on any atom is 0.242 e. The molecule has 1 aromatic heterocycles. The van der Waals surface area contributed by atoms with Gasteiger partial charge in [0.25, 0.3) is 0 Å². The Balaban J connectivity index is 1.91. The summed E-state index contributed by atoms with van der Waals surface area (Å²) in [6.45, 7) is 3.71. The summed E-state index contributed by atoms with van der Waals surface area (Å²) in [4.78, 5) is 2.11. The third-order valence-corrected chi connectivity index (χ3v) is 6.55. The number of sulfonamides is 1. The molecule has 0 amide bonds. The minimum atomic E-state index is -3.57. The summed E-state index contributed by atoms with van der Waals surface area (Å²) < 4.78 is 41.2. The first-order valence-electron chi connectivity index (χ1n) is 7.21. The van der Waals surface area contributed by atoms with Gasteiger partial charge in [-0.05, 0) is 56.4 Å². The maximum atomic E-state index is 13.1. The Hall–Kier alpha value is -1.24. The Bertz CT molecular complexity index is 777.